The molecule has 0 aliphatic heterocycles. The highest BCUT2D eigenvalue weighted by Crippen LogP contribution is 2.36. The lowest BCUT2D eigenvalue weighted by atomic mass is 9.72. The van der Waals surface area contributed by atoms with Gasteiger partial charge in [-0.15, -0.1) is 0 Å². The van der Waals surface area contributed by atoms with Crippen LogP contribution in [0.1, 0.15) is 49.8 Å². The van der Waals surface area contributed by atoms with Crippen LogP contribution in [0.25, 0.3) is 0 Å². The smallest absolute Gasteiger partial charge is 0.306 e. The molecule has 1 aromatic rings. The summed E-state index contributed by atoms with van der Waals surface area (Å²) in [4.78, 5) is 22.8. The molecule has 0 fully saturated rings. The number of esters is 1. The van der Waals surface area contributed by atoms with E-state index in [4.69, 9.17) is 4.74 Å². The van der Waals surface area contributed by atoms with Gasteiger partial charge in [0.05, 0.1) is 6.61 Å². The van der Waals surface area contributed by atoms with Crippen molar-refractivity contribution in [2.75, 3.05) is 6.61 Å². The van der Waals surface area contributed by atoms with Crippen molar-refractivity contribution in [3.05, 3.63) is 34.9 Å². The Morgan fingerprint density at radius 3 is 2.95 bits per heavy atom. The Bertz CT molecular complexity index is 507. The number of hydrogen-bond donors (Lipinski definition) is 0. The molecule has 0 saturated heterocycles. The van der Waals surface area contributed by atoms with Gasteiger partial charge in [0.25, 0.3) is 0 Å². The maximum atomic E-state index is 11.4. The van der Waals surface area contributed by atoms with Crippen LogP contribution in [-0.4, -0.2) is 18.9 Å². The first-order valence-electron chi connectivity index (χ1n) is 7.33. The first kappa shape index (κ1) is 14.8. The van der Waals surface area contributed by atoms with Crippen molar-refractivity contribution in [3.63, 3.8) is 0 Å². The molecule has 2 rings (SSSR count). The summed E-state index contributed by atoms with van der Waals surface area (Å²) in [7, 11) is 0. The van der Waals surface area contributed by atoms with Crippen LogP contribution in [0.4, 0.5) is 0 Å². The minimum absolute atomic E-state index is 0.164. The summed E-state index contributed by atoms with van der Waals surface area (Å²) in [6.07, 6.45) is 5.14. The quantitative estimate of drug-likeness (QED) is 0.612. The van der Waals surface area contributed by atoms with Crippen molar-refractivity contribution in [1.82, 2.24) is 0 Å². The number of rotatable bonds is 5. The monoisotopic (exact) mass is 274 g/mol. The van der Waals surface area contributed by atoms with E-state index in [-0.39, 0.29) is 11.4 Å². The minimum atomic E-state index is -0.368. The SMILES string of the molecule is CCOC(=O)CCc1ccc2c(c1)C(C)(C=O)CCC2. The van der Waals surface area contributed by atoms with Gasteiger partial charge in [0.2, 0.25) is 0 Å². The van der Waals surface area contributed by atoms with Crippen molar-refractivity contribution >= 4 is 12.3 Å². The van der Waals surface area contributed by atoms with Gasteiger partial charge in [-0.3, -0.25) is 4.79 Å². The first-order chi connectivity index (χ1) is 9.59. The van der Waals surface area contributed by atoms with Crippen molar-refractivity contribution in [2.24, 2.45) is 0 Å². The van der Waals surface area contributed by atoms with E-state index < -0.39 is 0 Å². The lowest BCUT2D eigenvalue weighted by molar-refractivity contribution is -0.143. The molecule has 3 nitrogen and oxygen atoms in total. The largest absolute Gasteiger partial charge is 0.466 e. The highest BCUT2D eigenvalue weighted by Gasteiger charge is 2.31. The van der Waals surface area contributed by atoms with Gasteiger partial charge in [-0.1, -0.05) is 18.2 Å². The molecule has 1 unspecified atom stereocenters. The summed E-state index contributed by atoms with van der Waals surface area (Å²) in [6.45, 7) is 4.24. The van der Waals surface area contributed by atoms with Crippen LogP contribution < -0.4 is 0 Å². The molecule has 1 aliphatic carbocycles. The van der Waals surface area contributed by atoms with E-state index in [0.717, 1.165) is 36.7 Å². The number of aldehydes is 1. The van der Waals surface area contributed by atoms with Gasteiger partial charge in [-0.2, -0.15) is 0 Å². The summed E-state index contributed by atoms with van der Waals surface area (Å²) in [5.41, 5.74) is 3.14. The van der Waals surface area contributed by atoms with Gasteiger partial charge in [0.1, 0.15) is 6.29 Å². The number of aryl methyl sites for hydroxylation is 2. The minimum Gasteiger partial charge on any atom is -0.466 e. The molecule has 0 aromatic heterocycles. The molecule has 1 aromatic carbocycles. The molecule has 0 amide bonds. The highest BCUT2D eigenvalue weighted by atomic mass is 16.5. The van der Waals surface area contributed by atoms with Gasteiger partial charge < -0.3 is 9.53 Å². The van der Waals surface area contributed by atoms with Gasteiger partial charge in [0.15, 0.2) is 0 Å². The predicted molar refractivity (Wildman–Crippen MR) is 77.8 cm³/mol. The van der Waals surface area contributed by atoms with Gasteiger partial charge >= 0.3 is 5.97 Å². The molecule has 3 heteroatoms. The molecule has 0 spiro atoms. The van der Waals surface area contributed by atoms with Crippen LogP contribution in [0.15, 0.2) is 18.2 Å². The normalized spacial score (nSPS) is 21.1. The fourth-order valence-electron chi connectivity index (χ4n) is 2.91. The maximum absolute atomic E-state index is 11.4. The number of carbonyl (C=O) groups is 2. The lowest BCUT2D eigenvalue weighted by Crippen LogP contribution is -2.29. The molecule has 1 atom stereocenters. The second-order valence-corrected chi connectivity index (χ2v) is 5.69. The number of fused-ring (bicyclic) bond motifs is 1. The molecule has 0 radical (unpaired) electrons. The molecule has 20 heavy (non-hydrogen) atoms. The maximum Gasteiger partial charge on any atom is 0.306 e. The zero-order valence-corrected chi connectivity index (χ0v) is 12.3. The summed E-state index contributed by atoms with van der Waals surface area (Å²) in [5.74, 6) is -0.164. The average molecular weight is 274 g/mol. The molecule has 0 saturated carbocycles. The number of carbonyl (C=O) groups excluding carboxylic acids is 2. The van der Waals surface area contributed by atoms with Gasteiger partial charge in [-0.25, -0.2) is 0 Å². The van der Waals surface area contributed by atoms with Gasteiger partial charge in [-0.05, 0) is 56.2 Å². The predicted octanol–water partition coefficient (Wildman–Crippen LogP) is 2.98. The summed E-state index contributed by atoms with van der Waals surface area (Å²) in [5, 5.41) is 0. The molecule has 108 valence electrons. The Balaban J connectivity index is 2.16. The molecule has 1 aliphatic rings. The van der Waals surface area contributed by atoms with Crippen molar-refractivity contribution in [1.29, 1.82) is 0 Å². The van der Waals surface area contributed by atoms with E-state index in [1.807, 2.05) is 13.8 Å². The zero-order chi connectivity index (χ0) is 14.6. The van der Waals surface area contributed by atoms with Crippen LogP contribution in [-0.2, 0) is 32.6 Å². The third kappa shape index (κ3) is 3.09. The van der Waals surface area contributed by atoms with E-state index in [2.05, 4.69) is 18.2 Å². The molecule has 0 heterocycles. The zero-order valence-electron chi connectivity index (χ0n) is 12.3. The van der Waals surface area contributed by atoms with E-state index in [9.17, 15) is 9.59 Å². The second kappa shape index (κ2) is 6.21. The summed E-state index contributed by atoms with van der Waals surface area (Å²) in [6, 6.07) is 6.27. The Hall–Kier alpha value is -1.64. The second-order valence-electron chi connectivity index (χ2n) is 5.69. The lowest BCUT2D eigenvalue weighted by Gasteiger charge is -2.31. The van der Waals surface area contributed by atoms with Crippen LogP contribution in [0.2, 0.25) is 0 Å². The topological polar surface area (TPSA) is 43.4 Å². The number of ether oxygens (including phenoxy) is 1. The number of hydrogen-bond acceptors (Lipinski definition) is 3. The molecule has 0 bridgehead atoms. The van der Waals surface area contributed by atoms with Gasteiger partial charge in [0, 0.05) is 11.8 Å². The molecular formula is C17H22O3. The Morgan fingerprint density at radius 2 is 2.25 bits per heavy atom. The van der Waals surface area contributed by atoms with E-state index in [0.29, 0.717) is 19.4 Å². The molecular weight excluding hydrogens is 252 g/mol. The first-order valence-corrected chi connectivity index (χ1v) is 7.33. The number of benzene rings is 1. The van der Waals surface area contributed by atoms with E-state index >= 15 is 0 Å². The van der Waals surface area contributed by atoms with Crippen LogP contribution in [0.5, 0.6) is 0 Å². The van der Waals surface area contributed by atoms with Crippen LogP contribution in [0.3, 0.4) is 0 Å². The Morgan fingerprint density at radius 1 is 1.45 bits per heavy atom. The fraction of sp³-hybridized carbons (Fsp3) is 0.529. The van der Waals surface area contributed by atoms with Crippen molar-refractivity contribution < 1.29 is 14.3 Å². The van der Waals surface area contributed by atoms with E-state index in [1.54, 1.807) is 0 Å². The van der Waals surface area contributed by atoms with Crippen LogP contribution in [0, 0.1) is 0 Å². The standard InChI is InChI=1S/C17H22O3/c1-3-20-16(19)9-7-13-6-8-14-5-4-10-17(2,12-18)15(14)11-13/h6,8,11-12H,3-5,7,9-10H2,1-2H3. The Kier molecular flexibility index (Phi) is 4.58. The third-order valence-corrected chi connectivity index (χ3v) is 4.12. The average Bonchev–Trinajstić information content (AvgIpc) is 2.46. The van der Waals surface area contributed by atoms with Crippen molar-refractivity contribution in [3.8, 4) is 0 Å². The summed E-state index contributed by atoms with van der Waals surface area (Å²) < 4.78 is 4.94. The third-order valence-electron chi connectivity index (χ3n) is 4.12. The van der Waals surface area contributed by atoms with Crippen molar-refractivity contribution in [2.45, 2.75) is 51.4 Å². The van der Waals surface area contributed by atoms with Crippen LogP contribution >= 0.6 is 0 Å². The molecule has 0 N–H and O–H groups in total. The fourth-order valence-corrected chi connectivity index (χ4v) is 2.91. The highest BCUT2D eigenvalue weighted by molar-refractivity contribution is 5.71. The Labute approximate surface area is 120 Å². The van der Waals surface area contributed by atoms with E-state index in [1.165, 1.54) is 5.56 Å². The summed E-state index contributed by atoms with van der Waals surface area (Å²) >= 11 is 0.